The molecule has 1 aromatic rings. The molecule has 0 radical (unpaired) electrons. The molecule has 0 saturated carbocycles. The molecule has 1 aromatic carbocycles. The predicted octanol–water partition coefficient (Wildman–Crippen LogP) is 2.69. The van der Waals surface area contributed by atoms with Crippen LogP contribution in [-0.2, 0) is 9.53 Å². The van der Waals surface area contributed by atoms with E-state index < -0.39 is 0 Å². The third-order valence-electron chi connectivity index (χ3n) is 2.85. The molecular weight excluding hydrogens is 260 g/mol. The van der Waals surface area contributed by atoms with Crippen molar-refractivity contribution in [3.05, 3.63) is 30.9 Å². The van der Waals surface area contributed by atoms with Gasteiger partial charge >= 0.3 is 0 Å². The van der Waals surface area contributed by atoms with Crippen LogP contribution in [0.25, 0.3) is 0 Å². The zero-order chi connectivity index (χ0) is 14.2. The second-order valence-electron chi connectivity index (χ2n) is 4.34. The first kappa shape index (κ1) is 14.4. The van der Waals surface area contributed by atoms with E-state index in [0.717, 1.165) is 25.9 Å². The summed E-state index contributed by atoms with van der Waals surface area (Å²) in [6, 6.07) is 5.03. The van der Waals surface area contributed by atoms with Gasteiger partial charge < -0.3 is 18.9 Å². The molecule has 1 atom stereocenters. The molecular formula is C15H18O5. The highest BCUT2D eigenvalue weighted by Gasteiger charge is 2.16. The van der Waals surface area contributed by atoms with Crippen molar-refractivity contribution in [1.82, 2.24) is 0 Å². The fourth-order valence-corrected chi connectivity index (χ4v) is 1.93. The molecule has 5 nitrogen and oxygen atoms in total. The number of hydrogen-bond acceptors (Lipinski definition) is 5. The highest BCUT2D eigenvalue weighted by molar-refractivity contribution is 5.53. The predicted molar refractivity (Wildman–Crippen MR) is 73.0 cm³/mol. The van der Waals surface area contributed by atoms with Crippen LogP contribution < -0.4 is 14.2 Å². The number of hydrogen-bond donors (Lipinski definition) is 0. The molecule has 0 aliphatic carbocycles. The first-order valence-corrected chi connectivity index (χ1v) is 6.60. The molecule has 1 aliphatic rings. The van der Waals surface area contributed by atoms with Gasteiger partial charge in [0.25, 0.3) is 6.47 Å². The molecule has 0 bridgehead atoms. The van der Waals surface area contributed by atoms with Crippen molar-refractivity contribution < 1.29 is 23.7 Å². The van der Waals surface area contributed by atoms with Gasteiger partial charge in [-0.15, -0.1) is 0 Å². The molecule has 108 valence electrons. The van der Waals surface area contributed by atoms with Gasteiger partial charge in [-0.2, -0.15) is 0 Å². The molecule has 1 saturated heterocycles. The van der Waals surface area contributed by atoms with Crippen LogP contribution in [0.15, 0.2) is 30.9 Å². The number of carbonyl (C=O) groups excluding carboxylic acids is 1. The van der Waals surface area contributed by atoms with Crippen LogP contribution in [-0.4, -0.2) is 26.0 Å². The monoisotopic (exact) mass is 278 g/mol. The Morgan fingerprint density at radius 2 is 2.25 bits per heavy atom. The zero-order valence-corrected chi connectivity index (χ0v) is 11.2. The molecule has 1 aliphatic heterocycles. The summed E-state index contributed by atoms with van der Waals surface area (Å²) in [5.74, 6) is 1.40. The van der Waals surface area contributed by atoms with Gasteiger partial charge in [-0.3, -0.25) is 4.79 Å². The summed E-state index contributed by atoms with van der Waals surface area (Å²) in [6.45, 7) is 4.98. The maximum atomic E-state index is 10.5. The van der Waals surface area contributed by atoms with Crippen molar-refractivity contribution in [1.29, 1.82) is 0 Å². The lowest BCUT2D eigenvalue weighted by atomic mass is 10.2. The minimum absolute atomic E-state index is 0.228. The SMILES string of the molecule is C=CCOc1cc(O[C@H]2CCCCO2)ccc1OC=O. The average Bonchev–Trinajstić information content (AvgIpc) is 2.48. The van der Waals surface area contributed by atoms with Gasteiger partial charge in [0.15, 0.2) is 17.8 Å². The summed E-state index contributed by atoms with van der Waals surface area (Å²) in [4.78, 5) is 10.5. The molecule has 0 aromatic heterocycles. The van der Waals surface area contributed by atoms with Crippen molar-refractivity contribution in [3.63, 3.8) is 0 Å². The Kier molecular flexibility index (Phi) is 5.43. The Hall–Kier alpha value is -2.01. The van der Waals surface area contributed by atoms with Crippen molar-refractivity contribution in [2.24, 2.45) is 0 Å². The van der Waals surface area contributed by atoms with Crippen LogP contribution in [0.5, 0.6) is 17.2 Å². The Morgan fingerprint density at radius 1 is 1.35 bits per heavy atom. The van der Waals surface area contributed by atoms with Gasteiger partial charge in [-0.1, -0.05) is 12.7 Å². The average molecular weight is 278 g/mol. The van der Waals surface area contributed by atoms with Crippen LogP contribution >= 0.6 is 0 Å². The van der Waals surface area contributed by atoms with Gasteiger partial charge in [-0.25, -0.2) is 0 Å². The minimum Gasteiger partial charge on any atom is -0.485 e. The summed E-state index contributed by atoms with van der Waals surface area (Å²) in [5, 5.41) is 0. The molecule has 2 rings (SSSR count). The Morgan fingerprint density at radius 3 is 2.95 bits per heavy atom. The summed E-state index contributed by atoms with van der Waals surface area (Å²) in [7, 11) is 0. The van der Waals surface area contributed by atoms with Gasteiger partial charge in [0.2, 0.25) is 0 Å². The van der Waals surface area contributed by atoms with Gasteiger partial charge in [0, 0.05) is 12.5 Å². The largest absolute Gasteiger partial charge is 0.485 e. The van der Waals surface area contributed by atoms with E-state index in [1.165, 1.54) is 0 Å². The maximum Gasteiger partial charge on any atom is 0.298 e. The van der Waals surface area contributed by atoms with E-state index in [-0.39, 0.29) is 6.29 Å². The third kappa shape index (κ3) is 3.99. The molecule has 0 amide bonds. The van der Waals surface area contributed by atoms with E-state index in [9.17, 15) is 4.79 Å². The normalized spacial score (nSPS) is 18.1. The second kappa shape index (κ2) is 7.55. The van der Waals surface area contributed by atoms with E-state index in [2.05, 4.69) is 6.58 Å². The maximum absolute atomic E-state index is 10.5. The van der Waals surface area contributed by atoms with E-state index in [1.807, 2.05) is 0 Å². The molecule has 0 N–H and O–H groups in total. The second-order valence-corrected chi connectivity index (χ2v) is 4.34. The third-order valence-corrected chi connectivity index (χ3v) is 2.85. The van der Waals surface area contributed by atoms with Crippen LogP contribution in [0.4, 0.5) is 0 Å². The number of ether oxygens (including phenoxy) is 4. The fraction of sp³-hybridized carbons (Fsp3) is 0.400. The Balaban J connectivity index is 2.08. The summed E-state index contributed by atoms with van der Waals surface area (Å²) >= 11 is 0. The molecule has 0 unspecified atom stereocenters. The standard InChI is InChI=1S/C15H18O5/c1-2-8-17-14-10-12(6-7-13(14)19-11-16)20-15-5-3-4-9-18-15/h2,6-7,10-11,15H,1,3-5,8-9H2/t15-/m0/s1. The van der Waals surface area contributed by atoms with Crippen molar-refractivity contribution >= 4 is 6.47 Å². The quantitative estimate of drug-likeness (QED) is 0.567. The Bertz CT molecular complexity index is 452. The van der Waals surface area contributed by atoms with Crippen molar-refractivity contribution in [3.8, 4) is 17.2 Å². The van der Waals surface area contributed by atoms with Gasteiger partial charge in [-0.05, 0) is 25.0 Å². The first-order valence-electron chi connectivity index (χ1n) is 6.60. The van der Waals surface area contributed by atoms with E-state index in [0.29, 0.717) is 30.3 Å². The highest BCUT2D eigenvalue weighted by atomic mass is 16.7. The van der Waals surface area contributed by atoms with E-state index >= 15 is 0 Å². The fourth-order valence-electron chi connectivity index (χ4n) is 1.93. The number of benzene rings is 1. The lowest BCUT2D eigenvalue weighted by molar-refractivity contribution is -0.120. The zero-order valence-electron chi connectivity index (χ0n) is 11.2. The molecule has 20 heavy (non-hydrogen) atoms. The van der Waals surface area contributed by atoms with Gasteiger partial charge in [0.1, 0.15) is 12.4 Å². The van der Waals surface area contributed by atoms with Crippen LogP contribution in [0.1, 0.15) is 19.3 Å². The number of carbonyl (C=O) groups is 1. The molecule has 1 heterocycles. The van der Waals surface area contributed by atoms with Crippen molar-refractivity contribution in [2.75, 3.05) is 13.2 Å². The minimum atomic E-state index is -0.228. The molecule has 1 fully saturated rings. The smallest absolute Gasteiger partial charge is 0.298 e. The first-order chi connectivity index (χ1) is 9.83. The molecule has 5 heteroatoms. The van der Waals surface area contributed by atoms with Crippen LogP contribution in [0.3, 0.4) is 0 Å². The van der Waals surface area contributed by atoms with Crippen LogP contribution in [0, 0.1) is 0 Å². The van der Waals surface area contributed by atoms with Gasteiger partial charge in [0.05, 0.1) is 6.61 Å². The summed E-state index contributed by atoms with van der Waals surface area (Å²) in [6.07, 6.45) is 4.42. The lowest BCUT2D eigenvalue weighted by Crippen LogP contribution is -2.24. The van der Waals surface area contributed by atoms with Crippen molar-refractivity contribution in [2.45, 2.75) is 25.6 Å². The highest BCUT2D eigenvalue weighted by Crippen LogP contribution is 2.32. The number of rotatable bonds is 7. The topological polar surface area (TPSA) is 54.0 Å². The van der Waals surface area contributed by atoms with E-state index in [1.54, 1.807) is 24.3 Å². The summed E-state index contributed by atoms with van der Waals surface area (Å²) < 4.78 is 21.5. The Labute approximate surface area is 118 Å². The lowest BCUT2D eigenvalue weighted by Gasteiger charge is -2.23. The summed E-state index contributed by atoms with van der Waals surface area (Å²) in [5.41, 5.74) is 0. The molecule has 0 spiro atoms. The van der Waals surface area contributed by atoms with E-state index in [4.69, 9.17) is 18.9 Å². The van der Waals surface area contributed by atoms with Crippen LogP contribution in [0.2, 0.25) is 0 Å².